The van der Waals surface area contributed by atoms with Gasteiger partial charge in [-0.25, -0.2) is 0 Å². The molecule has 0 radical (unpaired) electrons. The molecule has 0 fully saturated rings. The second-order valence-corrected chi connectivity index (χ2v) is 6.67. The summed E-state index contributed by atoms with van der Waals surface area (Å²) in [7, 11) is 0. The molecule has 2 rings (SSSR count). The van der Waals surface area contributed by atoms with Crippen molar-refractivity contribution in [1.29, 1.82) is 0 Å². The molecule has 0 saturated carbocycles. The summed E-state index contributed by atoms with van der Waals surface area (Å²) in [5, 5.41) is 4.14. The summed E-state index contributed by atoms with van der Waals surface area (Å²) in [5.74, 6) is -0.146. The summed E-state index contributed by atoms with van der Waals surface area (Å²) in [6.07, 6.45) is 4.02. The van der Waals surface area contributed by atoms with Crippen molar-refractivity contribution in [2.75, 3.05) is 0 Å². The Bertz CT molecular complexity index is 768. The van der Waals surface area contributed by atoms with Gasteiger partial charge in [0.05, 0.1) is 6.04 Å². The van der Waals surface area contributed by atoms with Crippen LogP contribution in [0.5, 0.6) is 0 Å². The molecule has 2 aromatic rings. The van der Waals surface area contributed by atoms with E-state index in [2.05, 4.69) is 44.3 Å². The molecule has 0 aliphatic carbocycles. The number of hydrogen-bond acceptors (Lipinski definition) is 1. The first-order valence-corrected chi connectivity index (χ1v) is 8.67. The van der Waals surface area contributed by atoms with Crippen molar-refractivity contribution in [2.24, 2.45) is 0 Å². The van der Waals surface area contributed by atoms with E-state index in [1.165, 1.54) is 17.2 Å². The summed E-state index contributed by atoms with van der Waals surface area (Å²) in [6.45, 7) is 6.19. The third-order valence-corrected chi connectivity index (χ3v) is 4.46. The summed E-state index contributed by atoms with van der Waals surface area (Å²) < 4.78 is 0. The van der Waals surface area contributed by atoms with Crippen LogP contribution in [0.4, 0.5) is 0 Å². The zero-order chi connectivity index (χ0) is 17.7. The second-order valence-electron chi connectivity index (χ2n) is 5.83. The van der Waals surface area contributed by atoms with Gasteiger partial charge in [0.25, 0.3) is 0 Å². The number of hydrogen-bond donors (Lipinski definition) is 1. The fourth-order valence-electron chi connectivity index (χ4n) is 2.64. The van der Waals surface area contributed by atoms with Crippen molar-refractivity contribution < 1.29 is 4.79 Å². The number of rotatable bonds is 5. The zero-order valence-corrected chi connectivity index (χ0v) is 15.6. The maximum absolute atomic E-state index is 12.2. The highest BCUT2D eigenvalue weighted by Crippen LogP contribution is 2.23. The van der Waals surface area contributed by atoms with E-state index in [0.29, 0.717) is 10.0 Å². The molecular formula is C20H21Cl2NO. The fraction of sp³-hybridized carbons (Fsp3) is 0.250. The van der Waals surface area contributed by atoms with Gasteiger partial charge >= 0.3 is 0 Å². The fourth-order valence-corrected chi connectivity index (χ4v) is 3.11. The molecule has 2 nitrogen and oxygen atoms in total. The first-order valence-electron chi connectivity index (χ1n) is 7.91. The smallest absolute Gasteiger partial charge is 0.244 e. The van der Waals surface area contributed by atoms with Gasteiger partial charge in [-0.3, -0.25) is 4.79 Å². The average molecular weight is 362 g/mol. The Morgan fingerprint density at radius 2 is 1.92 bits per heavy atom. The largest absolute Gasteiger partial charge is 0.346 e. The first-order chi connectivity index (χ1) is 11.4. The molecule has 1 atom stereocenters. The molecule has 1 N–H and O–H groups in total. The average Bonchev–Trinajstić information content (AvgIpc) is 2.52. The lowest BCUT2D eigenvalue weighted by atomic mass is 9.97. The van der Waals surface area contributed by atoms with Gasteiger partial charge in [-0.2, -0.15) is 0 Å². The highest BCUT2D eigenvalue weighted by molar-refractivity contribution is 6.35. The molecule has 0 spiro atoms. The van der Waals surface area contributed by atoms with E-state index in [0.717, 1.165) is 17.5 Å². The van der Waals surface area contributed by atoms with Crippen molar-refractivity contribution in [3.63, 3.8) is 0 Å². The van der Waals surface area contributed by atoms with Crippen LogP contribution in [0.15, 0.2) is 42.5 Å². The number of benzene rings is 2. The molecule has 1 amide bonds. The molecule has 0 aromatic heterocycles. The van der Waals surface area contributed by atoms with Crippen LogP contribution in [-0.4, -0.2) is 5.91 Å². The Labute approximate surface area is 153 Å². The minimum absolute atomic E-state index is 0.0107. The van der Waals surface area contributed by atoms with Gasteiger partial charge in [0.1, 0.15) is 0 Å². The van der Waals surface area contributed by atoms with Crippen molar-refractivity contribution in [1.82, 2.24) is 5.32 Å². The molecule has 0 aliphatic heterocycles. The van der Waals surface area contributed by atoms with E-state index < -0.39 is 0 Å². The van der Waals surface area contributed by atoms with Gasteiger partial charge in [-0.15, -0.1) is 0 Å². The predicted molar refractivity (Wildman–Crippen MR) is 103 cm³/mol. The summed E-state index contributed by atoms with van der Waals surface area (Å²) in [5.41, 5.74) is 4.31. The van der Waals surface area contributed by atoms with Crippen LogP contribution in [0, 0.1) is 13.8 Å². The molecule has 2 aromatic carbocycles. The van der Waals surface area contributed by atoms with Crippen molar-refractivity contribution in [2.45, 2.75) is 33.2 Å². The Hall–Kier alpha value is -1.77. The van der Waals surface area contributed by atoms with Gasteiger partial charge in [-0.1, -0.05) is 60.0 Å². The van der Waals surface area contributed by atoms with E-state index in [9.17, 15) is 4.79 Å². The molecule has 1 unspecified atom stereocenters. The van der Waals surface area contributed by atoms with Crippen LogP contribution in [0.1, 0.15) is 41.6 Å². The molecule has 24 heavy (non-hydrogen) atoms. The molecular weight excluding hydrogens is 341 g/mol. The maximum Gasteiger partial charge on any atom is 0.244 e. The normalized spacial score (nSPS) is 12.4. The Morgan fingerprint density at radius 1 is 1.17 bits per heavy atom. The van der Waals surface area contributed by atoms with Crippen LogP contribution in [0.25, 0.3) is 6.08 Å². The predicted octanol–water partition coefficient (Wildman–Crippen LogP) is 5.89. The summed E-state index contributed by atoms with van der Waals surface area (Å²) >= 11 is 12.0. The van der Waals surface area contributed by atoms with Crippen LogP contribution < -0.4 is 5.32 Å². The number of carbonyl (C=O) groups excluding carboxylic acids is 1. The number of amides is 1. The monoisotopic (exact) mass is 361 g/mol. The molecule has 126 valence electrons. The third kappa shape index (κ3) is 4.86. The van der Waals surface area contributed by atoms with Gasteiger partial charge in [0, 0.05) is 16.1 Å². The topological polar surface area (TPSA) is 29.1 Å². The van der Waals surface area contributed by atoms with Crippen molar-refractivity contribution in [3.05, 3.63) is 74.8 Å². The number of aryl methyl sites for hydroxylation is 2. The third-order valence-electron chi connectivity index (χ3n) is 3.90. The van der Waals surface area contributed by atoms with Gasteiger partial charge in [0.15, 0.2) is 0 Å². The van der Waals surface area contributed by atoms with Gasteiger partial charge in [0.2, 0.25) is 5.91 Å². The first kappa shape index (κ1) is 18.6. The van der Waals surface area contributed by atoms with Crippen LogP contribution >= 0.6 is 23.2 Å². The summed E-state index contributed by atoms with van der Waals surface area (Å²) in [4.78, 5) is 12.2. The van der Waals surface area contributed by atoms with Crippen LogP contribution in [-0.2, 0) is 4.79 Å². The summed E-state index contributed by atoms with van der Waals surface area (Å²) in [6, 6.07) is 11.5. The van der Waals surface area contributed by atoms with Crippen LogP contribution in [0.2, 0.25) is 10.0 Å². The minimum Gasteiger partial charge on any atom is -0.346 e. The Morgan fingerprint density at radius 3 is 2.54 bits per heavy atom. The number of halogens is 2. The molecule has 0 saturated heterocycles. The van der Waals surface area contributed by atoms with E-state index in [-0.39, 0.29) is 11.9 Å². The van der Waals surface area contributed by atoms with E-state index in [1.807, 2.05) is 0 Å². The quantitative estimate of drug-likeness (QED) is 0.660. The number of nitrogens with one attached hydrogen (secondary N) is 1. The Kier molecular flexibility index (Phi) is 6.47. The highest BCUT2D eigenvalue weighted by Gasteiger charge is 2.13. The number of carbonyl (C=O) groups is 1. The molecule has 0 bridgehead atoms. The van der Waals surface area contributed by atoms with Crippen molar-refractivity contribution >= 4 is 35.2 Å². The molecule has 0 aliphatic rings. The van der Waals surface area contributed by atoms with Gasteiger partial charge < -0.3 is 5.32 Å². The zero-order valence-electron chi connectivity index (χ0n) is 14.1. The lowest BCUT2D eigenvalue weighted by molar-refractivity contribution is -0.117. The maximum atomic E-state index is 12.2. The lowest BCUT2D eigenvalue weighted by Gasteiger charge is -2.19. The van der Waals surface area contributed by atoms with E-state index in [1.54, 1.807) is 24.3 Å². The molecule has 0 heterocycles. The van der Waals surface area contributed by atoms with Crippen LogP contribution in [0.3, 0.4) is 0 Å². The van der Waals surface area contributed by atoms with E-state index >= 15 is 0 Å². The van der Waals surface area contributed by atoms with Gasteiger partial charge in [-0.05, 0) is 55.2 Å². The van der Waals surface area contributed by atoms with Crippen molar-refractivity contribution in [3.8, 4) is 0 Å². The highest BCUT2D eigenvalue weighted by atomic mass is 35.5. The minimum atomic E-state index is -0.146. The van der Waals surface area contributed by atoms with E-state index in [4.69, 9.17) is 23.2 Å². The Balaban J connectivity index is 2.10. The SMILES string of the molecule is CCC(NC(=O)/C=C/c1ccc(Cl)cc1Cl)c1ccc(C)cc1C. The molecule has 4 heteroatoms. The second kappa shape index (κ2) is 8.36. The lowest BCUT2D eigenvalue weighted by Crippen LogP contribution is -2.26. The standard InChI is InChI=1S/C20H21Cl2NO/c1-4-19(17-9-5-13(2)11-14(17)3)23-20(24)10-7-15-6-8-16(21)12-18(15)22/h5-12,19H,4H2,1-3H3,(H,23,24)/b10-7+.